The molecule has 0 spiro atoms. The number of carbonyl (C=O) groups is 1. The lowest BCUT2D eigenvalue weighted by Crippen LogP contribution is -2.19. The molecule has 2 aromatic rings. The highest BCUT2D eigenvalue weighted by Crippen LogP contribution is 2.27. The van der Waals surface area contributed by atoms with Gasteiger partial charge in [0.05, 0.1) is 26.9 Å². The number of ether oxygens (including phenoxy) is 2. The molecule has 1 aromatic carbocycles. The highest BCUT2D eigenvalue weighted by molar-refractivity contribution is 7.13. The number of methoxy groups -OCH3 is 2. The second-order valence-electron chi connectivity index (χ2n) is 4.82. The molecule has 1 aromatic heterocycles. The maximum absolute atomic E-state index is 11.9. The predicted octanol–water partition coefficient (Wildman–Crippen LogP) is 3.02. The van der Waals surface area contributed by atoms with Gasteiger partial charge in [0, 0.05) is 9.75 Å². The number of aryl methyl sites for hydroxylation is 1. The second kappa shape index (κ2) is 8.33. The summed E-state index contributed by atoms with van der Waals surface area (Å²) in [6.07, 6.45) is 2.89. The van der Waals surface area contributed by atoms with E-state index in [0.717, 1.165) is 16.9 Å². The van der Waals surface area contributed by atoms with E-state index in [1.54, 1.807) is 43.9 Å². The molecule has 6 heteroatoms. The van der Waals surface area contributed by atoms with Crippen molar-refractivity contribution in [1.82, 2.24) is 5.43 Å². The van der Waals surface area contributed by atoms with Gasteiger partial charge in [-0.05, 0) is 36.2 Å². The minimum atomic E-state index is -0.180. The molecule has 5 nitrogen and oxygen atoms in total. The zero-order valence-corrected chi connectivity index (χ0v) is 14.3. The molecule has 0 atom stereocenters. The van der Waals surface area contributed by atoms with Crippen LogP contribution in [0.15, 0.2) is 35.4 Å². The summed E-state index contributed by atoms with van der Waals surface area (Å²) in [6.45, 7) is 2.11. The summed E-state index contributed by atoms with van der Waals surface area (Å²) in [6, 6.07) is 9.46. The quantitative estimate of drug-likeness (QED) is 0.626. The Kier molecular flexibility index (Phi) is 6.17. The Morgan fingerprint density at radius 2 is 2.00 bits per heavy atom. The Morgan fingerprint density at radius 1 is 1.22 bits per heavy atom. The summed E-state index contributed by atoms with van der Waals surface area (Å²) >= 11 is 1.67. The van der Waals surface area contributed by atoms with Gasteiger partial charge in [0.15, 0.2) is 11.5 Å². The van der Waals surface area contributed by atoms with E-state index in [2.05, 4.69) is 23.5 Å². The molecule has 1 amide bonds. The van der Waals surface area contributed by atoms with Gasteiger partial charge in [0.1, 0.15) is 0 Å². The van der Waals surface area contributed by atoms with E-state index in [9.17, 15) is 4.79 Å². The fourth-order valence-electron chi connectivity index (χ4n) is 2.04. The van der Waals surface area contributed by atoms with Crippen molar-refractivity contribution in [2.45, 2.75) is 19.8 Å². The molecule has 0 fully saturated rings. The van der Waals surface area contributed by atoms with E-state index in [1.807, 2.05) is 12.1 Å². The van der Waals surface area contributed by atoms with Gasteiger partial charge in [-0.1, -0.05) is 13.0 Å². The molecular formula is C17H20N2O3S. The molecule has 1 N–H and O–H groups in total. The number of amides is 1. The summed E-state index contributed by atoms with van der Waals surface area (Å²) in [5, 5.41) is 3.99. The molecule has 0 aliphatic rings. The van der Waals surface area contributed by atoms with Crippen LogP contribution in [0.5, 0.6) is 11.5 Å². The van der Waals surface area contributed by atoms with Crippen LogP contribution in [-0.2, 0) is 17.6 Å². The average Bonchev–Trinajstić information content (AvgIpc) is 3.02. The fourth-order valence-corrected chi connectivity index (χ4v) is 2.86. The Labute approximate surface area is 139 Å². The van der Waals surface area contributed by atoms with Gasteiger partial charge in [0.2, 0.25) is 5.91 Å². The lowest BCUT2D eigenvalue weighted by molar-refractivity contribution is -0.120. The van der Waals surface area contributed by atoms with Crippen LogP contribution >= 0.6 is 11.3 Å². The molecule has 0 bridgehead atoms. The Hall–Kier alpha value is -2.34. The average molecular weight is 332 g/mol. The zero-order chi connectivity index (χ0) is 16.7. The third-order valence-corrected chi connectivity index (χ3v) is 4.39. The molecule has 0 radical (unpaired) electrons. The van der Waals surface area contributed by atoms with Crippen molar-refractivity contribution in [2.24, 2.45) is 5.10 Å². The van der Waals surface area contributed by atoms with Crippen molar-refractivity contribution in [3.8, 4) is 11.5 Å². The Morgan fingerprint density at radius 3 is 2.65 bits per heavy atom. The van der Waals surface area contributed by atoms with E-state index in [-0.39, 0.29) is 12.3 Å². The van der Waals surface area contributed by atoms with E-state index in [1.165, 1.54) is 4.88 Å². The summed E-state index contributed by atoms with van der Waals surface area (Å²) in [5.41, 5.74) is 3.37. The van der Waals surface area contributed by atoms with E-state index in [0.29, 0.717) is 11.5 Å². The monoisotopic (exact) mass is 332 g/mol. The Balaban J connectivity index is 1.91. The molecule has 0 unspecified atom stereocenters. The smallest absolute Gasteiger partial charge is 0.244 e. The summed E-state index contributed by atoms with van der Waals surface area (Å²) in [5.74, 6) is 1.06. The van der Waals surface area contributed by atoms with Gasteiger partial charge in [-0.2, -0.15) is 5.10 Å². The van der Waals surface area contributed by atoms with Gasteiger partial charge in [0.25, 0.3) is 0 Å². The number of thiophene rings is 1. The Bertz CT molecular complexity index is 695. The molecule has 1 heterocycles. The fraction of sp³-hybridized carbons (Fsp3) is 0.294. The van der Waals surface area contributed by atoms with Crippen LogP contribution < -0.4 is 14.9 Å². The predicted molar refractivity (Wildman–Crippen MR) is 92.7 cm³/mol. The first kappa shape index (κ1) is 17.0. The number of nitrogens with one attached hydrogen (secondary N) is 1. The number of rotatable bonds is 7. The summed E-state index contributed by atoms with van der Waals surface area (Å²) in [4.78, 5) is 14.2. The minimum absolute atomic E-state index is 0.180. The molecule has 0 saturated heterocycles. The number of carbonyl (C=O) groups excluding carboxylic acids is 1. The van der Waals surface area contributed by atoms with Gasteiger partial charge in [-0.25, -0.2) is 5.43 Å². The number of hydrazone groups is 1. The lowest BCUT2D eigenvalue weighted by Gasteiger charge is -2.09. The minimum Gasteiger partial charge on any atom is -0.493 e. The number of hydrogen-bond donors (Lipinski definition) is 1. The van der Waals surface area contributed by atoms with Crippen LogP contribution in [0.3, 0.4) is 0 Å². The van der Waals surface area contributed by atoms with E-state index >= 15 is 0 Å². The summed E-state index contributed by atoms with van der Waals surface area (Å²) in [7, 11) is 3.14. The van der Waals surface area contributed by atoms with Crippen molar-refractivity contribution >= 4 is 23.5 Å². The zero-order valence-electron chi connectivity index (χ0n) is 13.5. The van der Waals surface area contributed by atoms with Crippen molar-refractivity contribution in [3.05, 3.63) is 45.6 Å². The SMILES string of the molecule is CCc1ccc(/C=N/NC(=O)Cc2ccc(OC)c(OC)c2)s1. The van der Waals surface area contributed by atoms with E-state index < -0.39 is 0 Å². The molecule has 23 heavy (non-hydrogen) atoms. The molecule has 0 saturated carbocycles. The molecule has 2 rings (SSSR count). The van der Waals surface area contributed by atoms with Crippen molar-refractivity contribution in [2.75, 3.05) is 14.2 Å². The van der Waals surface area contributed by atoms with Crippen LogP contribution in [0.1, 0.15) is 22.2 Å². The molecular weight excluding hydrogens is 312 g/mol. The largest absolute Gasteiger partial charge is 0.493 e. The second-order valence-corrected chi connectivity index (χ2v) is 6.02. The molecule has 122 valence electrons. The van der Waals surface area contributed by atoms with Gasteiger partial charge in [-0.3, -0.25) is 4.79 Å². The number of benzene rings is 1. The highest BCUT2D eigenvalue weighted by atomic mass is 32.1. The normalized spacial score (nSPS) is 10.7. The topological polar surface area (TPSA) is 59.9 Å². The van der Waals surface area contributed by atoms with Crippen LogP contribution in [-0.4, -0.2) is 26.3 Å². The first-order valence-electron chi connectivity index (χ1n) is 7.27. The van der Waals surface area contributed by atoms with E-state index in [4.69, 9.17) is 9.47 Å². The van der Waals surface area contributed by atoms with Gasteiger partial charge >= 0.3 is 0 Å². The van der Waals surface area contributed by atoms with Crippen molar-refractivity contribution in [3.63, 3.8) is 0 Å². The van der Waals surface area contributed by atoms with Gasteiger partial charge in [-0.15, -0.1) is 11.3 Å². The third kappa shape index (κ3) is 4.82. The van der Waals surface area contributed by atoms with Crippen molar-refractivity contribution in [1.29, 1.82) is 0 Å². The summed E-state index contributed by atoms with van der Waals surface area (Å²) < 4.78 is 10.4. The lowest BCUT2D eigenvalue weighted by atomic mass is 10.1. The molecule has 0 aliphatic carbocycles. The van der Waals surface area contributed by atoms with Crippen molar-refractivity contribution < 1.29 is 14.3 Å². The third-order valence-electron chi connectivity index (χ3n) is 3.22. The number of nitrogens with zero attached hydrogens (tertiary/aromatic N) is 1. The van der Waals surface area contributed by atoms with Gasteiger partial charge < -0.3 is 9.47 Å². The standard InChI is InChI=1S/C17H20N2O3S/c1-4-13-6-7-14(23-13)11-18-19-17(20)10-12-5-8-15(21-2)16(9-12)22-3/h5-9,11H,4,10H2,1-3H3,(H,19,20)/b18-11+. The van der Waals surface area contributed by atoms with Crippen LogP contribution in [0.4, 0.5) is 0 Å². The first-order chi connectivity index (χ1) is 11.2. The first-order valence-corrected chi connectivity index (χ1v) is 8.09. The molecule has 0 aliphatic heterocycles. The van der Waals surface area contributed by atoms with Crippen LogP contribution in [0.2, 0.25) is 0 Å². The highest BCUT2D eigenvalue weighted by Gasteiger charge is 2.07. The number of hydrogen-bond acceptors (Lipinski definition) is 5. The maximum atomic E-state index is 11.9. The van der Waals surface area contributed by atoms with Crippen LogP contribution in [0.25, 0.3) is 0 Å². The van der Waals surface area contributed by atoms with Crippen LogP contribution in [0, 0.1) is 0 Å². The maximum Gasteiger partial charge on any atom is 0.244 e.